The van der Waals surface area contributed by atoms with Gasteiger partial charge in [0.1, 0.15) is 0 Å². The number of nitrogens with one attached hydrogen (secondary N) is 1. The molecule has 0 bridgehead atoms. The van der Waals surface area contributed by atoms with E-state index < -0.39 is 9.84 Å². The lowest BCUT2D eigenvalue weighted by molar-refractivity contribution is 0.491. The van der Waals surface area contributed by atoms with E-state index in [1.165, 1.54) is 6.20 Å². The van der Waals surface area contributed by atoms with Gasteiger partial charge >= 0.3 is 0 Å². The topological polar surface area (TPSA) is 46.2 Å². The summed E-state index contributed by atoms with van der Waals surface area (Å²) >= 11 is 0. The van der Waals surface area contributed by atoms with Crippen LogP contribution >= 0.6 is 0 Å². The van der Waals surface area contributed by atoms with Gasteiger partial charge in [-0.2, -0.15) is 0 Å². The highest BCUT2D eigenvalue weighted by Crippen LogP contribution is 1.97. The maximum absolute atomic E-state index is 10.6. The van der Waals surface area contributed by atoms with Gasteiger partial charge in [-0.3, -0.25) is 0 Å². The maximum Gasteiger partial charge on any atom is 0.170 e. The SMILES string of the molecule is CC(C)(C)N/C=C/S(C)(=O)=O. The molecule has 0 unspecified atom stereocenters. The van der Waals surface area contributed by atoms with Crippen LogP contribution in [0.2, 0.25) is 0 Å². The minimum atomic E-state index is -2.99. The lowest BCUT2D eigenvalue weighted by Crippen LogP contribution is -2.31. The van der Waals surface area contributed by atoms with Gasteiger partial charge in [-0.1, -0.05) is 0 Å². The van der Waals surface area contributed by atoms with Crippen LogP contribution < -0.4 is 5.32 Å². The minimum Gasteiger partial charge on any atom is -0.386 e. The van der Waals surface area contributed by atoms with Crippen molar-refractivity contribution >= 4 is 9.84 Å². The smallest absolute Gasteiger partial charge is 0.170 e. The summed E-state index contributed by atoms with van der Waals surface area (Å²) in [6.07, 6.45) is 2.61. The second-order valence-electron chi connectivity index (χ2n) is 3.53. The molecule has 0 spiro atoms. The van der Waals surface area contributed by atoms with Crippen LogP contribution in [0.25, 0.3) is 0 Å². The quantitative estimate of drug-likeness (QED) is 0.681. The molecule has 0 aromatic heterocycles. The number of rotatable bonds is 2. The zero-order chi connectivity index (χ0) is 9.12. The van der Waals surface area contributed by atoms with E-state index in [0.29, 0.717) is 0 Å². The summed E-state index contributed by atoms with van der Waals surface area (Å²) in [7, 11) is -2.99. The Bertz CT molecular complexity index is 234. The molecule has 3 nitrogen and oxygen atoms in total. The van der Waals surface area contributed by atoms with E-state index in [4.69, 9.17) is 0 Å². The highest BCUT2D eigenvalue weighted by atomic mass is 32.2. The first-order valence-electron chi connectivity index (χ1n) is 3.35. The minimum absolute atomic E-state index is 0.0822. The molecule has 0 aliphatic rings. The molecule has 0 fully saturated rings. The third kappa shape index (κ3) is 9.49. The van der Waals surface area contributed by atoms with Crippen molar-refractivity contribution in [1.29, 1.82) is 0 Å². The molecule has 0 heterocycles. The lowest BCUT2D eigenvalue weighted by atomic mass is 10.1. The Morgan fingerprint density at radius 3 is 2.00 bits per heavy atom. The number of sulfone groups is 1. The average molecular weight is 177 g/mol. The molecule has 1 N–H and O–H groups in total. The molecule has 0 amide bonds. The molecule has 0 saturated carbocycles. The van der Waals surface area contributed by atoms with Gasteiger partial charge in [-0.25, -0.2) is 8.42 Å². The molecule has 0 radical (unpaired) electrons. The van der Waals surface area contributed by atoms with Crippen LogP contribution in [0.4, 0.5) is 0 Å². The first kappa shape index (κ1) is 10.5. The Balaban J connectivity index is 4.01. The fourth-order valence-corrected chi connectivity index (χ4v) is 0.723. The van der Waals surface area contributed by atoms with E-state index in [9.17, 15) is 8.42 Å². The van der Waals surface area contributed by atoms with Crippen LogP contribution in [0.1, 0.15) is 20.8 Å². The summed E-state index contributed by atoms with van der Waals surface area (Å²) in [6, 6.07) is 0. The van der Waals surface area contributed by atoms with E-state index in [0.717, 1.165) is 11.7 Å². The molecule has 0 aromatic rings. The van der Waals surface area contributed by atoms with Gasteiger partial charge in [0.05, 0.1) is 0 Å². The second-order valence-corrected chi connectivity index (χ2v) is 5.46. The van der Waals surface area contributed by atoms with Gasteiger partial charge in [-0.15, -0.1) is 0 Å². The van der Waals surface area contributed by atoms with Gasteiger partial charge in [-0.05, 0) is 20.8 Å². The van der Waals surface area contributed by atoms with Crippen LogP contribution in [0.3, 0.4) is 0 Å². The van der Waals surface area contributed by atoms with Gasteiger partial charge in [0, 0.05) is 23.4 Å². The molecular weight excluding hydrogens is 162 g/mol. The molecule has 0 rings (SSSR count). The molecule has 0 aliphatic carbocycles. The summed E-state index contributed by atoms with van der Waals surface area (Å²) in [5.74, 6) is 0. The fraction of sp³-hybridized carbons (Fsp3) is 0.714. The Hall–Kier alpha value is -0.510. The number of hydrogen-bond donors (Lipinski definition) is 1. The van der Waals surface area contributed by atoms with Gasteiger partial charge in [0.15, 0.2) is 9.84 Å². The van der Waals surface area contributed by atoms with E-state index in [1.54, 1.807) is 0 Å². The van der Waals surface area contributed by atoms with Crippen molar-refractivity contribution in [3.8, 4) is 0 Å². The largest absolute Gasteiger partial charge is 0.386 e. The normalized spacial score (nSPS) is 13.8. The van der Waals surface area contributed by atoms with Crippen LogP contribution in [0.5, 0.6) is 0 Å². The fourth-order valence-electron chi connectivity index (χ4n) is 0.408. The van der Waals surface area contributed by atoms with E-state index in [-0.39, 0.29) is 5.54 Å². The highest BCUT2D eigenvalue weighted by molar-refractivity contribution is 7.93. The Labute approximate surface area is 68.4 Å². The third-order valence-corrected chi connectivity index (χ3v) is 1.46. The molecule has 4 heteroatoms. The zero-order valence-electron chi connectivity index (χ0n) is 7.38. The van der Waals surface area contributed by atoms with E-state index in [1.807, 2.05) is 20.8 Å². The van der Waals surface area contributed by atoms with Crippen molar-refractivity contribution in [2.45, 2.75) is 26.3 Å². The third-order valence-electron chi connectivity index (χ3n) is 0.832. The van der Waals surface area contributed by atoms with Crippen molar-refractivity contribution < 1.29 is 8.42 Å². The first-order chi connectivity index (χ1) is 4.71. The monoisotopic (exact) mass is 177 g/mol. The molecule has 11 heavy (non-hydrogen) atoms. The van der Waals surface area contributed by atoms with Crippen LogP contribution in [-0.4, -0.2) is 20.2 Å². The second kappa shape index (κ2) is 3.26. The van der Waals surface area contributed by atoms with Gasteiger partial charge in [0.25, 0.3) is 0 Å². The summed E-state index contributed by atoms with van der Waals surface area (Å²) in [5, 5.41) is 4.07. The van der Waals surface area contributed by atoms with E-state index >= 15 is 0 Å². The van der Waals surface area contributed by atoms with Crippen LogP contribution in [0.15, 0.2) is 11.6 Å². The Morgan fingerprint density at radius 2 is 1.73 bits per heavy atom. The van der Waals surface area contributed by atoms with Gasteiger partial charge in [0.2, 0.25) is 0 Å². The molecule has 0 aliphatic heterocycles. The Morgan fingerprint density at radius 1 is 1.27 bits per heavy atom. The summed E-state index contributed by atoms with van der Waals surface area (Å²) < 4.78 is 21.2. The zero-order valence-corrected chi connectivity index (χ0v) is 8.20. The van der Waals surface area contributed by atoms with Crippen molar-refractivity contribution in [2.75, 3.05) is 6.26 Å². The van der Waals surface area contributed by atoms with Crippen LogP contribution in [-0.2, 0) is 9.84 Å². The number of hydrogen-bond acceptors (Lipinski definition) is 3. The van der Waals surface area contributed by atoms with Crippen molar-refractivity contribution in [2.24, 2.45) is 0 Å². The van der Waals surface area contributed by atoms with E-state index in [2.05, 4.69) is 5.32 Å². The van der Waals surface area contributed by atoms with Crippen molar-refractivity contribution in [3.05, 3.63) is 11.6 Å². The van der Waals surface area contributed by atoms with Crippen LogP contribution in [0, 0.1) is 0 Å². The summed E-state index contributed by atoms with van der Waals surface area (Å²) in [5.41, 5.74) is -0.0822. The molecular formula is C7H15NO2S. The Kier molecular flexibility index (Phi) is 3.11. The average Bonchev–Trinajstić information content (AvgIpc) is 1.55. The first-order valence-corrected chi connectivity index (χ1v) is 5.30. The molecule has 66 valence electrons. The highest BCUT2D eigenvalue weighted by Gasteiger charge is 2.04. The summed E-state index contributed by atoms with van der Waals surface area (Å²) in [4.78, 5) is 0. The van der Waals surface area contributed by atoms with Crippen molar-refractivity contribution in [3.63, 3.8) is 0 Å². The molecule has 0 saturated heterocycles. The van der Waals surface area contributed by atoms with Crippen molar-refractivity contribution in [1.82, 2.24) is 5.32 Å². The van der Waals surface area contributed by atoms with Gasteiger partial charge < -0.3 is 5.32 Å². The molecule has 0 atom stereocenters. The maximum atomic E-state index is 10.6. The lowest BCUT2D eigenvalue weighted by Gasteiger charge is -2.18. The summed E-state index contributed by atoms with van der Waals surface area (Å²) in [6.45, 7) is 5.87. The predicted octanol–water partition coefficient (Wildman–Crippen LogP) is 0.890. The predicted molar refractivity (Wildman–Crippen MR) is 46.9 cm³/mol. The standard InChI is InChI=1S/C7H15NO2S/c1-7(2,3)8-5-6-11(4,9)10/h5-6,8H,1-4H3/b6-5+. The molecule has 0 aromatic carbocycles.